The Labute approximate surface area is 163 Å². The molecule has 0 aliphatic rings. The van der Waals surface area contributed by atoms with Gasteiger partial charge in [-0.2, -0.15) is 0 Å². The topological polar surface area (TPSA) is 46.1 Å². The van der Waals surface area contributed by atoms with E-state index >= 15 is 0 Å². The number of rotatable bonds is 8. The number of nitrogens with zero attached hydrogens (tertiary/aromatic N) is 2. The lowest BCUT2D eigenvalue weighted by atomic mass is 10.1. The predicted molar refractivity (Wildman–Crippen MR) is 112 cm³/mol. The van der Waals surface area contributed by atoms with E-state index in [1.807, 2.05) is 12.1 Å². The fourth-order valence-electron chi connectivity index (χ4n) is 2.18. The van der Waals surface area contributed by atoms with Crippen LogP contribution in [0.3, 0.4) is 0 Å². The Bertz CT molecular complexity index is 507. The van der Waals surface area contributed by atoms with E-state index in [-0.39, 0.29) is 24.0 Å². The normalized spacial score (nSPS) is 11.0. The van der Waals surface area contributed by atoms with Crippen molar-refractivity contribution in [3.05, 3.63) is 23.8 Å². The predicted octanol–water partition coefficient (Wildman–Crippen LogP) is 3.42. The summed E-state index contributed by atoms with van der Waals surface area (Å²) < 4.78 is 10.6. The minimum atomic E-state index is 0. The number of methoxy groups -OCH3 is 2. The molecule has 0 saturated heterocycles. The van der Waals surface area contributed by atoms with E-state index in [1.54, 1.807) is 14.2 Å². The van der Waals surface area contributed by atoms with Crippen LogP contribution in [0.4, 0.5) is 0 Å². The Morgan fingerprint density at radius 2 is 1.88 bits per heavy atom. The molecule has 1 aromatic carbocycles. The van der Waals surface area contributed by atoms with E-state index in [9.17, 15) is 0 Å². The Morgan fingerprint density at radius 3 is 2.42 bits per heavy atom. The molecule has 1 rings (SSSR count). The van der Waals surface area contributed by atoms with Gasteiger partial charge in [-0.05, 0) is 37.0 Å². The Balaban J connectivity index is 0.00000529. The highest BCUT2D eigenvalue weighted by Crippen LogP contribution is 2.27. The van der Waals surface area contributed by atoms with Gasteiger partial charge in [0.1, 0.15) is 0 Å². The largest absolute Gasteiger partial charge is 0.493 e. The standard InChI is InChI=1S/C18H31N3O2.HI/c1-7-19-18(20-13-14(2)3)21(4)11-10-15-8-9-16(22-5)17(12-15)23-6;/h8-9,12,14H,7,10-11,13H2,1-6H3,(H,19,20);1H. The molecule has 0 saturated carbocycles. The molecule has 1 aromatic rings. The van der Waals surface area contributed by atoms with Crippen molar-refractivity contribution in [3.63, 3.8) is 0 Å². The minimum Gasteiger partial charge on any atom is -0.493 e. The number of aliphatic imine (C=N–C) groups is 1. The number of benzene rings is 1. The van der Waals surface area contributed by atoms with Crippen LogP contribution < -0.4 is 14.8 Å². The van der Waals surface area contributed by atoms with Crippen LogP contribution in [0.15, 0.2) is 23.2 Å². The number of nitrogens with one attached hydrogen (secondary N) is 1. The van der Waals surface area contributed by atoms with Gasteiger partial charge in [-0.15, -0.1) is 24.0 Å². The fraction of sp³-hybridized carbons (Fsp3) is 0.611. The molecule has 0 aliphatic heterocycles. The van der Waals surface area contributed by atoms with Gasteiger partial charge in [0.25, 0.3) is 0 Å². The van der Waals surface area contributed by atoms with E-state index in [4.69, 9.17) is 9.47 Å². The Hall–Kier alpha value is -1.18. The van der Waals surface area contributed by atoms with Crippen molar-refractivity contribution in [2.75, 3.05) is 40.9 Å². The van der Waals surface area contributed by atoms with Gasteiger partial charge >= 0.3 is 0 Å². The molecule has 0 fully saturated rings. The van der Waals surface area contributed by atoms with E-state index in [1.165, 1.54) is 5.56 Å². The second-order valence-corrected chi connectivity index (χ2v) is 5.95. The molecule has 0 unspecified atom stereocenters. The summed E-state index contributed by atoms with van der Waals surface area (Å²) in [7, 11) is 5.39. The molecule has 0 spiro atoms. The lowest BCUT2D eigenvalue weighted by Crippen LogP contribution is -2.40. The van der Waals surface area contributed by atoms with Crippen LogP contribution in [-0.2, 0) is 6.42 Å². The summed E-state index contributed by atoms with van der Waals surface area (Å²) in [6.45, 7) is 9.04. The minimum absolute atomic E-state index is 0. The van der Waals surface area contributed by atoms with Gasteiger partial charge in [0.15, 0.2) is 17.5 Å². The van der Waals surface area contributed by atoms with Gasteiger partial charge in [0.05, 0.1) is 14.2 Å². The highest BCUT2D eigenvalue weighted by Gasteiger charge is 2.08. The van der Waals surface area contributed by atoms with Crippen LogP contribution in [0.2, 0.25) is 0 Å². The number of guanidine groups is 1. The lowest BCUT2D eigenvalue weighted by molar-refractivity contribution is 0.354. The summed E-state index contributed by atoms with van der Waals surface area (Å²) in [6, 6.07) is 6.06. The lowest BCUT2D eigenvalue weighted by Gasteiger charge is -2.22. The van der Waals surface area contributed by atoms with Crippen LogP contribution >= 0.6 is 24.0 Å². The van der Waals surface area contributed by atoms with Crippen molar-refractivity contribution in [2.45, 2.75) is 27.2 Å². The summed E-state index contributed by atoms with van der Waals surface area (Å²) in [4.78, 5) is 6.84. The summed E-state index contributed by atoms with van der Waals surface area (Å²) in [5.41, 5.74) is 1.22. The number of halogens is 1. The zero-order chi connectivity index (χ0) is 17.2. The maximum absolute atomic E-state index is 5.36. The van der Waals surface area contributed by atoms with Crippen molar-refractivity contribution in [2.24, 2.45) is 10.9 Å². The van der Waals surface area contributed by atoms with Crippen LogP contribution in [-0.4, -0.2) is 51.8 Å². The van der Waals surface area contributed by atoms with Gasteiger partial charge in [0.2, 0.25) is 0 Å². The molecule has 0 bridgehead atoms. The first kappa shape index (κ1) is 22.8. The third kappa shape index (κ3) is 7.59. The quantitative estimate of drug-likeness (QED) is 0.376. The van der Waals surface area contributed by atoms with Gasteiger partial charge < -0.3 is 19.7 Å². The third-order valence-electron chi connectivity index (χ3n) is 3.49. The summed E-state index contributed by atoms with van der Waals surface area (Å²) in [6.07, 6.45) is 0.920. The summed E-state index contributed by atoms with van der Waals surface area (Å²) in [5, 5.41) is 3.35. The SMILES string of the molecule is CCNC(=NCC(C)C)N(C)CCc1ccc(OC)c(OC)c1.I. The first-order valence-corrected chi connectivity index (χ1v) is 8.22. The molecule has 0 atom stereocenters. The second-order valence-electron chi connectivity index (χ2n) is 5.95. The van der Waals surface area contributed by atoms with Crippen LogP contribution in [0.25, 0.3) is 0 Å². The maximum atomic E-state index is 5.36. The molecule has 0 amide bonds. The molecule has 5 nitrogen and oxygen atoms in total. The molecule has 6 heteroatoms. The Morgan fingerprint density at radius 1 is 1.21 bits per heavy atom. The molecule has 0 aliphatic carbocycles. The number of hydrogen-bond acceptors (Lipinski definition) is 3. The van der Waals surface area contributed by atoms with Gasteiger partial charge in [-0.3, -0.25) is 4.99 Å². The summed E-state index contributed by atoms with van der Waals surface area (Å²) >= 11 is 0. The van der Waals surface area contributed by atoms with Crippen molar-refractivity contribution in [1.29, 1.82) is 0 Å². The second kappa shape index (κ2) is 12.2. The monoisotopic (exact) mass is 449 g/mol. The zero-order valence-corrected chi connectivity index (χ0v) is 18.1. The van der Waals surface area contributed by atoms with Gasteiger partial charge in [-0.1, -0.05) is 19.9 Å². The molecule has 0 heterocycles. The van der Waals surface area contributed by atoms with Crippen molar-refractivity contribution in [3.8, 4) is 11.5 Å². The van der Waals surface area contributed by atoms with E-state index in [0.29, 0.717) is 5.92 Å². The molecular weight excluding hydrogens is 417 g/mol. The van der Waals surface area contributed by atoms with Gasteiger partial charge in [0, 0.05) is 26.7 Å². The van der Waals surface area contributed by atoms with Gasteiger partial charge in [-0.25, -0.2) is 0 Å². The number of ether oxygens (including phenoxy) is 2. The van der Waals surface area contributed by atoms with Crippen LogP contribution in [0.5, 0.6) is 11.5 Å². The highest BCUT2D eigenvalue weighted by atomic mass is 127. The third-order valence-corrected chi connectivity index (χ3v) is 3.49. The molecule has 0 radical (unpaired) electrons. The van der Waals surface area contributed by atoms with Crippen molar-refractivity contribution < 1.29 is 9.47 Å². The number of hydrogen-bond donors (Lipinski definition) is 1. The number of likely N-dealkylation sites (N-methyl/N-ethyl adjacent to an activating group) is 1. The molecule has 0 aromatic heterocycles. The summed E-state index contributed by atoms with van der Waals surface area (Å²) in [5.74, 6) is 3.05. The van der Waals surface area contributed by atoms with E-state index in [2.05, 4.69) is 49.1 Å². The Kier molecular flexibility index (Phi) is 11.6. The fourth-order valence-corrected chi connectivity index (χ4v) is 2.18. The molecule has 138 valence electrons. The molecule has 24 heavy (non-hydrogen) atoms. The first-order valence-electron chi connectivity index (χ1n) is 8.22. The average molecular weight is 449 g/mol. The van der Waals surface area contributed by atoms with Crippen LogP contribution in [0, 0.1) is 5.92 Å². The van der Waals surface area contributed by atoms with Crippen LogP contribution in [0.1, 0.15) is 26.3 Å². The maximum Gasteiger partial charge on any atom is 0.193 e. The van der Waals surface area contributed by atoms with E-state index in [0.717, 1.165) is 43.5 Å². The van der Waals surface area contributed by atoms with Crippen molar-refractivity contribution in [1.82, 2.24) is 10.2 Å². The zero-order valence-electron chi connectivity index (χ0n) is 15.8. The first-order chi connectivity index (χ1) is 11.0. The smallest absolute Gasteiger partial charge is 0.193 e. The average Bonchev–Trinajstić information content (AvgIpc) is 2.55. The molecule has 1 N–H and O–H groups in total. The van der Waals surface area contributed by atoms with E-state index < -0.39 is 0 Å². The van der Waals surface area contributed by atoms with Crippen molar-refractivity contribution >= 4 is 29.9 Å². The molecular formula is C18H32IN3O2. The highest BCUT2D eigenvalue weighted by molar-refractivity contribution is 14.0.